The van der Waals surface area contributed by atoms with Crippen LogP contribution in [0.25, 0.3) is 10.6 Å². The van der Waals surface area contributed by atoms with Gasteiger partial charge in [-0.2, -0.15) is 0 Å². The van der Waals surface area contributed by atoms with Gasteiger partial charge in [-0.1, -0.05) is 35.1 Å². The normalized spacial score (nSPS) is 10.6. The van der Waals surface area contributed by atoms with Crippen LogP contribution in [0.4, 0.5) is 5.00 Å². The Balaban J connectivity index is 1.88. The van der Waals surface area contributed by atoms with E-state index in [0.717, 1.165) is 25.1 Å². The molecule has 21 heavy (non-hydrogen) atoms. The van der Waals surface area contributed by atoms with Gasteiger partial charge >= 0.3 is 0 Å². The Bertz CT molecular complexity index is 764. The number of carbonyl (C=O) groups excluding carboxylic acids is 1. The summed E-state index contributed by atoms with van der Waals surface area (Å²) in [5.74, 6) is -0.121. The van der Waals surface area contributed by atoms with Crippen molar-refractivity contribution in [2.75, 3.05) is 5.32 Å². The number of amides is 1. The Morgan fingerprint density at radius 1 is 1.24 bits per heavy atom. The topological polar surface area (TPSA) is 42.0 Å². The van der Waals surface area contributed by atoms with E-state index in [0.29, 0.717) is 5.56 Å². The van der Waals surface area contributed by atoms with Gasteiger partial charge in [-0.25, -0.2) is 4.98 Å². The summed E-state index contributed by atoms with van der Waals surface area (Å²) in [6, 6.07) is 11.5. The number of hydrogen-bond acceptors (Lipinski definition) is 4. The third kappa shape index (κ3) is 3.23. The lowest BCUT2D eigenvalue weighted by Gasteiger charge is -2.04. The number of nitrogens with one attached hydrogen (secondary N) is 1. The summed E-state index contributed by atoms with van der Waals surface area (Å²) >= 11 is 6.40. The lowest BCUT2D eigenvalue weighted by molar-refractivity contribution is 0.102. The number of aromatic nitrogens is 1. The predicted octanol–water partition coefficient (Wildman–Crippen LogP) is 5.19. The number of hydrogen-bond donors (Lipinski definition) is 1. The number of carbonyl (C=O) groups is 1. The molecule has 6 heteroatoms. The van der Waals surface area contributed by atoms with E-state index < -0.39 is 0 Å². The van der Waals surface area contributed by atoms with Gasteiger partial charge in [-0.15, -0.1) is 11.3 Å². The van der Waals surface area contributed by atoms with Crippen molar-refractivity contribution in [1.82, 2.24) is 4.98 Å². The Morgan fingerprint density at radius 3 is 2.67 bits per heavy atom. The molecule has 1 N–H and O–H groups in total. The minimum absolute atomic E-state index is 0.121. The third-order valence-electron chi connectivity index (χ3n) is 2.90. The average molecular weight is 379 g/mol. The molecular weight excluding hydrogens is 368 g/mol. The molecule has 2 heterocycles. The van der Waals surface area contributed by atoms with Crippen molar-refractivity contribution in [3.8, 4) is 10.6 Å². The van der Waals surface area contributed by atoms with Crippen LogP contribution in [-0.2, 0) is 0 Å². The highest BCUT2D eigenvalue weighted by atomic mass is 79.9. The quantitative estimate of drug-likeness (QED) is 0.680. The molecule has 0 saturated heterocycles. The maximum absolute atomic E-state index is 12.3. The SMILES string of the molecule is Cc1ccc(C(=O)Nc2sc(Br)nc2-c2cccs2)cc1. The Kier molecular flexibility index (Phi) is 4.19. The van der Waals surface area contributed by atoms with Crippen LogP contribution in [0.1, 0.15) is 15.9 Å². The summed E-state index contributed by atoms with van der Waals surface area (Å²) in [7, 11) is 0. The molecule has 3 nitrogen and oxygen atoms in total. The van der Waals surface area contributed by atoms with Crippen molar-refractivity contribution in [3.05, 3.63) is 56.8 Å². The van der Waals surface area contributed by atoms with Crippen molar-refractivity contribution in [1.29, 1.82) is 0 Å². The maximum atomic E-state index is 12.3. The Labute approximate surface area is 138 Å². The molecule has 3 rings (SSSR count). The zero-order chi connectivity index (χ0) is 14.8. The fourth-order valence-electron chi connectivity index (χ4n) is 1.84. The first kappa shape index (κ1) is 14.4. The summed E-state index contributed by atoms with van der Waals surface area (Å²) in [6.45, 7) is 2.00. The first-order valence-corrected chi connectivity index (χ1v) is 8.70. The van der Waals surface area contributed by atoms with E-state index in [1.54, 1.807) is 11.3 Å². The second kappa shape index (κ2) is 6.09. The number of nitrogens with zero attached hydrogens (tertiary/aromatic N) is 1. The van der Waals surface area contributed by atoms with Crippen molar-refractivity contribution in [2.45, 2.75) is 6.92 Å². The molecule has 0 fully saturated rings. The van der Waals surface area contributed by atoms with E-state index in [1.165, 1.54) is 11.3 Å². The van der Waals surface area contributed by atoms with Crippen LogP contribution < -0.4 is 5.32 Å². The number of halogens is 1. The molecule has 0 unspecified atom stereocenters. The second-order valence-corrected chi connectivity index (χ2v) is 7.66. The van der Waals surface area contributed by atoms with Gasteiger partial charge in [0, 0.05) is 5.56 Å². The van der Waals surface area contributed by atoms with Gasteiger partial charge in [-0.05, 0) is 46.4 Å². The van der Waals surface area contributed by atoms with Crippen LogP contribution in [0, 0.1) is 6.92 Å². The van der Waals surface area contributed by atoms with Crippen LogP contribution in [0.5, 0.6) is 0 Å². The molecule has 0 radical (unpaired) electrons. The Hall–Kier alpha value is -1.50. The van der Waals surface area contributed by atoms with Crippen LogP contribution in [0.15, 0.2) is 45.7 Å². The molecule has 0 saturated carbocycles. The molecule has 0 spiro atoms. The van der Waals surface area contributed by atoms with Gasteiger partial charge in [0.05, 0.1) is 4.88 Å². The highest BCUT2D eigenvalue weighted by Crippen LogP contribution is 2.37. The van der Waals surface area contributed by atoms with Crippen LogP contribution in [0.3, 0.4) is 0 Å². The van der Waals surface area contributed by atoms with Crippen LogP contribution in [0.2, 0.25) is 0 Å². The first-order valence-electron chi connectivity index (χ1n) is 6.22. The van der Waals surface area contributed by atoms with Gasteiger partial charge in [0.15, 0.2) is 3.92 Å². The maximum Gasteiger partial charge on any atom is 0.256 e. The smallest absolute Gasteiger partial charge is 0.256 e. The molecule has 2 aromatic heterocycles. The third-order valence-corrected chi connectivity index (χ3v) is 5.20. The standard InChI is InChI=1S/C15H11BrN2OS2/c1-9-4-6-10(7-5-9)13(19)18-14-12(17-15(16)21-14)11-3-2-8-20-11/h2-8H,1H3,(H,18,19). The highest BCUT2D eigenvalue weighted by molar-refractivity contribution is 9.11. The van der Waals surface area contributed by atoms with Gasteiger partial charge in [0.25, 0.3) is 5.91 Å². The van der Waals surface area contributed by atoms with E-state index in [1.807, 2.05) is 48.7 Å². The van der Waals surface area contributed by atoms with Crippen molar-refractivity contribution in [2.24, 2.45) is 0 Å². The molecule has 3 aromatic rings. The molecule has 0 aliphatic heterocycles. The van der Waals surface area contributed by atoms with E-state index in [-0.39, 0.29) is 5.91 Å². The molecule has 0 bridgehead atoms. The largest absolute Gasteiger partial charge is 0.312 e. The number of thiazole rings is 1. The summed E-state index contributed by atoms with van der Waals surface area (Å²) < 4.78 is 0.755. The van der Waals surface area contributed by atoms with E-state index in [4.69, 9.17) is 0 Å². The summed E-state index contributed by atoms with van der Waals surface area (Å²) in [6.07, 6.45) is 0. The molecule has 0 aliphatic carbocycles. The number of benzene rings is 1. The fraction of sp³-hybridized carbons (Fsp3) is 0.0667. The molecule has 1 amide bonds. The van der Waals surface area contributed by atoms with E-state index in [2.05, 4.69) is 26.2 Å². The van der Waals surface area contributed by atoms with E-state index in [9.17, 15) is 4.79 Å². The number of rotatable bonds is 3. The second-order valence-electron chi connectivity index (χ2n) is 4.44. The minimum Gasteiger partial charge on any atom is -0.312 e. The van der Waals surface area contributed by atoms with Gasteiger partial charge in [0.1, 0.15) is 10.7 Å². The summed E-state index contributed by atoms with van der Waals surface area (Å²) in [4.78, 5) is 17.8. The monoisotopic (exact) mass is 378 g/mol. The zero-order valence-corrected chi connectivity index (χ0v) is 14.3. The average Bonchev–Trinajstić information content (AvgIpc) is 3.09. The molecule has 1 aromatic carbocycles. The zero-order valence-electron chi connectivity index (χ0n) is 11.1. The van der Waals surface area contributed by atoms with Crippen LogP contribution >= 0.6 is 38.6 Å². The summed E-state index contributed by atoms with van der Waals surface area (Å²) in [5, 5.41) is 5.70. The highest BCUT2D eigenvalue weighted by Gasteiger charge is 2.16. The predicted molar refractivity (Wildman–Crippen MR) is 92.3 cm³/mol. The molecule has 0 atom stereocenters. The fourth-order valence-corrected chi connectivity index (χ4v) is 3.99. The molecule has 106 valence electrons. The van der Waals surface area contributed by atoms with Gasteiger partial charge in [-0.3, -0.25) is 4.79 Å². The number of anilines is 1. The van der Waals surface area contributed by atoms with E-state index >= 15 is 0 Å². The number of aryl methyl sites for hydroxylation is 1. The lowest BCUT2D eigenvalue weighted by atomic mass is 10.1. The lowest BCUT2D eigenvalue weighted by Crippen LogP contribution is -2.11. The Morgan fingerprint density at radius 2 is 2.00 bits per heavy atom. The number of thiophene rings is 1. The van der Waals surface area contributed by atoms with Crippen molar-refractivity contribution in [3.63, 3.8) is 0 Å². The van der Waals surface area contributed by atoms with Crippen LogP contribution in [-0.4, -0.2) is 10.9 Å². The van der Waals surface area contributed by atoms with Crippen molar-refractivity contribution >= 4 is 49.5 Å². The first-order chi connectivity index (χ1) is 10.1. The van der Waals surface area contributed by atoms with Crippen molar-refractivity contribution < 1.29 is 4.79 Å². The summed E-state index contributed by atoms with van der Waals surface area (Å²) in [5.41, 5.74) is 2.58. The molecular formula is C15H11BrN2OS2. The van der Waals surface area contributed by atoms with Gasteiger partial charge < -0.3 is 5.32 Å². The van der Waals surface area contributed by atoms with Gasteiger partial charge in [0.2, 0.25) is 0 Å². The minimum atomic E-state index is -0.121. The molecule has 0 aliphatic rings.